The monoisotopic (exact) mass is 247 g/mol. The minimum absolute atomic E-state index is 0.00996. The van der Waals surface area contributed by atoms with Crippen LogP contribution in [0.25, 0.3) is 0 Å². The van der Waals surface area contributed by atoms with Crippen LogP contribution in [0, 0.1) is 25.2 Å². The zero-order chi connectivity index (χ0) is 13.7. The molecular formula is C13H17N3O2. The molecule has 0 radical (unpaired) electrons. The number of aromatic nitrogens is 1. The van der Waals surface area contributed by atoms with Gasteiger partial charge in [-0.3, -0.25) is 4.79 Å². The predicted octanol–water partition coefficient (Wildman–Crippen LogP) is 2.24. The van der Waals surface area contributed by atoms with Crippen LogP contribution in [0.5, 0.6) is 0 Å². The van der Waals surface area contributed by atoms with Crippen LogP contribution in [0.3, 0.4) is 0 Å². The predicted molar refractivity (Wildman–Crippen MR) is 68.4 cm³/mol. The number of hydrogen-bond acceptors (Lipinski definition) is 4. The molecule has 18 heavy (non-hydrogen) atoms. The fourth-order valence-electron chi connectivity index (χ4n) is 1.78. The molecule has 0 aliphatic carbocycles. The van der Waals surface area contributed by atoms with Crippen molar-refractivity contribution in [2.75, 3.05) is 5.32 Å². The molecule has 96 valence electrons. The van der Waals surface area contributed by atoms with E-state index in [-0.39, 0.29) is 12.5 Å². The SMILES string of the molecule is CCC(CC(=O)O)Nc1nc(C)cc(C)c1C#N. The molecule has 1 aromatic heterocycles. The Bertz CT molecular complexity index is 492. The summed E-state index contributed by atoms with van der Waals surface area (Å²) >= 11 is 0. The summed E-state index contributed by atoms with van der Waals surface area (Å²) in [5, 5.41) is 21.0. The molecule has 0 amide bonds. The number of nitrogens with zero attached hydrogens (tertiary/aromatic N) is 2. The Morgan fingerprint density at radius 3 is 2.78 bits per heavy atom. The highest BCUT2D eigenvalue weighted by Gasteiger charge is 2.15. The first kappa shape index (κ1) is 14.0. The number of aliphatic carboxylic acids is 1. The Hall–Kier alpha value is -2.09. The number of carbonyl (C=O) groups is 1. The Kier molecular flexibility index (Phi) is 4.67. The van der Waals surface area contributed by atoms with Crippen LogP contribution in [0.15, 0.2) is 6.07 Å². The van der Waals surface area contributed by atoms with Crippen molar-refractivity contribution in [2.45, 2.75) is 39.7 Å². The number of aryl methyl sites for hydroxylation is 2. The van der Waals surface area contributed by atoms with E-state index in [0.717, 1.165) is 11.3 Å². The topological polar surface area (TPSA) is 86.0 Å². The summed E-state index contributed by atoms with van der Waals surface area (Å²) < 4.78 is 0. The fraction of sp³-hybridized carbons (Fsp3) is 0.462. The highest BCUT2D eigenvalue weighted by atomic mass is 16.4. The average Bonchev–Trinajstić information content (AvgIpc) is 2.27. The maximum atomic E-state index is 10.7. The number of carboxylic acid groups (broad SMARTS) is 1. The molecule has 1 aromatic rings. The number of rotatable bonds is 5. The van der Waals surface area contributed by atoms with Crippen molar-refractivity contribution < 1.29 is 9.90 Å². The molecule has 0 aliphatic rings. The lowest BCUT2D eigenvalue weighted by Crippen LogP contribution is -2.23. The summed E-state index contributed by atoms with van der Waals surface area (Å²) in [7, 11) is 0. The largest absolute Gasteiger partial charge is 0.481 e. The van der Waals surface area contributed by atoms with Gasteiger partial charge >= 0.3 is 5.97 Å². The summed E-state index contributed by atoms with van der Waals surface area (Å²) in [4.78, 5) is 15.0. The number of hydrogen-bond donors (Lipinski definition) is 2. The van der Waals surface area contributed by atoms with Crippen molar-refractivity contribution in [3.63, 3.8) is 0 Å². The summed E-state index contributed by atoms with van der Waals surface area (Å²) in [6.45, 7) is 5.59. The highest BCUT2D eigenvalue weighted by molar-refractivity contribution is 5.68. The summed E-state index contributed by atoms with van der Waals surface area (Å²) in [5.74, 6) is -0.389. The van der Waals surface area contributed by atoms with Gasteiger partial charge in [-0.2, -0.15) is 5.26 Å². The van der Waals surface area contributed by atoms with Crippen molar-refractivity contribution >= 4 is 11.8 Å². The molecule has 0 aromatic carbocycles. The van der Waals surface area contributed by atoms with Gasteiger partial charge in [-0.25, -0.2) is 4.98 Å². The fourth-order valence-corrected chi connectivity index (χ4v) is 1.78. The van der Waals surface area contributed by atoms with Crippen molar-refractivity contribution in [3.05, 3.63) is 22.9 Å². The Labute approximate surface area is 106 Å². The van der Waals surface area contributed by atoms with Crippen LogP contribution in [-0.4, -0.2) is 22.1 Å². The molecule has 1 atom stereocenters. The minimum atomic E-state index is -0.864. The Morgan fingerprint density at radius 1 is 1.61 bits per heavy atom. The van der Waals surface area contributed by atoms with Crippen LogP contribution in [0.2, 0.25) is 0 Å². The van der Waals surface area contributed by atoms with E-state index in [0.29, 0.717) is 17.8 Å². The lowest BCUT2D eigenvalue weighted by Gasteiger charge is -2.17. The van der Waals surface area contributed by atoms with E-state index in [1.165, 1.54) is 0 Å². The number of nitriles is 1. The highest BCUT2D eigenvalue weighted by Crippen LogP contribution is 2.19. The zero-order valence-electron chi connectivity index (χ0n) is 10.8. The van der Waals surface area contributed by atoms with Gasteiger partial charge in [0, 0.05) is 11.7 Å². The van der Waals surface area contributed by atoms with Gasteiger partial charge in [0.05, 0.1) is 12.0 Å². The van der Waals surface area contributed by atoms with Gasteiger partial charge in [0.15, 0.2) is 0 Å². The quantitative estimate of drug-likeness (QED) is 0.833. The van der Waals surface area contributed by atoms with Crippen molar-refractivity contribution in [2.24, 2.45) is 0 Å². The van der Waals surface area contributed by atoms with E-state index >= 15 is 0 Å². The molecule has 5 nitrogen and oxygen atoms in total. The second-order valence-electron chi connectivity index (χ2n) is 4.26. The molecule has 2 N–H and O–H groups in total. The molecule has 0 bridgehead atoms. The van der Waals surface area contributed by atoms with E-state index in [1.54, 1.807) is 0 Å². The summed E-state index contributed by atoms with van der Waals surface area (Å²) in [6, 6.07) is 3.72. The number of nitrogens with one attached hydrogen (secondary N) is 1. The Balaban J connectivity index is 3.02. The van der Waals surface area contributed by atoms with E-state index in [1.807, 2.05) is 26.8 Å². The van der Waals surface area contributed by atoms with Crippen molar-refractivity contribution in [1.82, 2.24) is 4.98 Å². The normalized spacial score (nSPS) is 11.7. The molecule has 0 saturated heterocycles. The van der Waals surface area contributed by atoms with Gasteiger partial charge in [0.1, 0.15) is 11.9 Å². The van der Waals surface area contributed by atoms with Gasteiger partial charge < -0.3 is 10.4 Å². The smallest absolute Gasteiger partial charge is 0.305 e. The molecule has 0 spiro atoms. The first-order valence-electron chi connectivity index (χ1n) is 5.84. The first-order chi connectivity index (χ1) is 8.47. The lowest BCUT2D eigenvalue weighted by atomic mass is 10.1. The number of anilines is 1. The number of pyridine rings is 1. The van der Waals surface area contributed by atoms with E-state index in [4.69, 9.17) is 10.4 Å². The molecule has 1 unspecified atom stereocenters. The van der Waals surface area contributed by atoms with Crippen LogP contribution in [0.4, 0.5) is 5.82 Å². The van der Waals surface area contributed by atoms with E-state index in [2.05, 4.69) is 16.4 Å². The molecular weight excluding hydrogens is 230 g/mol. The summed E-state index contributed by atoms with van der Waals surface area (Å²) in [5.41, 5.74) is 2.13. The zero-order valence-corrected chi connectivity index (χ0v) is 10.8. The van der Waals surface area contributed by atoms with Crippen LogP contribution < -0.4 is 5.32 Å². The minimum Gasteiger partial charge on any atom is -0.481 e. The average molecular weight is 247 g/mol. The Morgan fingerprint density at radius 2 is 2.28 bits per heavy atom. The van der Waals surface area contributed by atoms with Gasteiger partial charge in [-0.05, 0) is 31.9 Å². The molecule has 0 aliphatic heterocycles. The van der Waals surface area contributed by atoms with Crippen molar-refractivity contribution in [3.8, 4) is 6.07 Å². The van der Waals surface area contributed by atoms with E-state index < -0.39 is 5.97 Å². The third-order valence-electron chi connectivity index (χ3n) is 2.71. The third kappa shape index (κ3) is 3.45. The summed E-state index contributed by atoms with van der Waals surface area (Å²) in [6.07, 6.45) is 0.669. The van der Waals surface area contributed by atoms with Gasteiger partial charge in [-0.15, -0.1) is 0 Å². The molecule has 1 heterocycles. The van der Waals surface area contributed by atoms with Gasteiger partial charge in [0.2, 0.25) is 0 Å². The maximum absolute atomic E-state index is 10.7. The second kappa shape index (κ2) is 6.01. The molecule has 1 rings (SSSR count). The first-order valence-corrected chi connectivity index (χ1v) is 5.84. The van der Waals surface area contributed by atoms with Crippen LogP contribution in [0.1, 0.15) is 36.6 Å². The van der Waals surface area contributed by atoms with Gasteiger partial charge in [0.25, 0.3) is 0 Å². The third-order valence-corrected chi connectivity index (χ3v) is 2.71. The molecule has 5 heteroatoms. The maximum Gasteiger partial charge on any atom is 0.305 e. The second-order valence-corrected chi connectivity index (χ2v) is 4.26. The molecule has 0 fully saturated rings. The van der Waals surface area contributed by atoms with Crippen LogP contribution in [-0.2, 0) is 4.79 Å². The number of carboxylic acids is 1. The van der Waals surface area contributed by atoms with Crippen molar-refractivity contribution in [1.29, 1.82) is 5.26 Å². The van der Waals surface area contributed by atoms with Crippen LogP contribution >= 0.6 is 0 Å². The van der Waals surface area contributed by atoms with Gasteiger partial charge in [-0.1, -0.05) is 6.92 Å². The standard InChI is InChI=1S/C13H17N3O2/c1-4-10(6-12(17)18)16-13-11(7-14)8(2)5-9(3)15-13/h5,10H,4,6H2,1-3H3,(H,15,16)(H,17,18). The lowest BCUT2D eigenvalue weighted by molar-refractivity contribution is -0.137. The van der Waals surface area contributed by atoms with E-state index in [9.17, 15) is 4.79 Å². The molecule has 0 saturated carbocycles.